The van der Waals surface area contributed by atoms with Crippen LogP contribution in [-0.2, 0) is 22.2 Å². The van der Waals surface area contributed by atoms with Gasteiger partial charge in [0.1, 0.15) is 5.69 Å². The lowest BCUT2D eigenvalue weighted by Gasteiger charge is -2.13. The number of rotatable bonds is 4. The number of hydrogen-bond donors (Lipinski definition) is 0. The summed E-state index contributed by atoms with van der Waals surface area (Å²) >= 11 is 0. The van der Waals surface area contributed by atoms with Crippen LogP contribution in [0.15, 0.2) is 53.6 Å². The molecule has 0 unspecified atom stereocenters. The molecule has 5 nitrogen and oxygen atoms in total. The van der Waals surface area contributed by atoms with Gasteiger partial charge >= 0.3 is 12.4 Å². The SMILES string of the molecule is CCS(=O)(=O)c1ccc(-n2cc(-c3cc(C(F)(F)F)cc(C(F)(F)F)c3)nn2)cc1. The molecular formula is C18H13F6N3O2S. The summed E-state index contributed by atoms with van der Waals surface area (Å²) in [5.41, 5.74) is -3.22. The quantitative estimate of drug-likeness (QED) is 0.539. The Kier molecular flexibility index (Phi) is 5.39. The largest absolute Gasteiger partial charge is 0.416 e. The number of benzene rings is 2. The highest BCUT2D eigenvalue weighted by Crippen LogP contribution is 2.38. The van der Waals surface area contributed by atoms with E-state index in [9.17, 15) is 34.8 Å². The van der Waals surface area contributed by atoms with E-state index in [0.29, 0.717) is 17.8 Å². The Labute approximate surface area is 166 Å². The molecule has 3 aromatic rings. The second-order valence-electron chi connectivity index (χ2n) is 6.24. The highest BCUT2D eigenvalue weighted by atomic mass is 32.2. The van der Waals surface area contributed by atoms with Crippen LogP contribution in [0.2, 0.25) is 0 Å². The third-order valence-corrected chi connectivity index (χ3v) is 5.97. The van der Waals surface area contributed by atoms with Crippen molar-refractivity contribution in [2.24, 2.45) is 0 Å². The highest BCUT2D eigenvalue weighted by Gasteiger charge is 2.37. The summed E-state index contributed by atoms with van der Waals surface area (Å²) in [6, 6.07) is 6.58. The van der Waals surface area contributed by atoms with Crippen LogP contribution < -0.4 is 0 Å². The first-order chi connectivity index (χ1) is 13.8. The van der Waals surface area contributed by atoms with Gasteiger partial charge in [-0.15, -0.1) is 5.10 Å². The zero-order valence-corrected chi connectivity index (χ0v) is 16.0. The topological polar surface area (TPSA) is 64.8 Å². The normalized spacial score (nSPS) is 12.9. The standard InChI is InChI=1S/C18H13F6N3O2S/c1-2-30(28,29)15-5-3-14(4-6-15)27-10-16(25-26-27)11-7-12(17(19,20)21)9-13(8-11)18(22,23)24/h3-10H,2H2,1H3. The summed E-state index contributed by atoms with van der Waals surface area (Å²) in [5.74, 6) is -0.100. The fourth-order valence-electron chi connectivity index (χ4n) is 2.60. The maximum Gasteiger partial charge on any atom is 0.416 e. The number of alkyl halides is 6. The lowest BCUT2D eigenvalue weighted by Crippen LogP contribution is -2.11. The third-order valence-electron chi connectivity index (χ3n) is 4.22. The van der Waals surface area contributed by atoms with Crippen molar-refractivity contribution in [2.75, 3.05) is 5.75 Å². The minimum Gasteiger partial charge on any atom is -0.224 e. The predicted molar refractivity (Wildman–Crippen MR) is 94.5 cm³/mol. The molecule has 3 rings (SSSR count). The summed E-state index contributed by atoms with van der Waals surface area (Å²) in [7, 11) is -3.43. The Bertz CT molecular complexity index is 1130. The van der Waals surface area contributed by atoms with Gasteiger partial charge < -0.3 is 0 Å². The second-order valence-corrected chi connectivity index (χ2v) is 8.52. The van der Waals surface area contributed by atoms with Gasteiger partial charge in [-0.2, -0.15) is 26.3 Å². The van der Waals surface area contributed by atoms with Gasteiger partial charge in [-0.05, 0) is 42.5 Å². The van der Waals surface area contributed by atoms with Crippen LogP contribution in [0.4, 0.5) is 26.3 Å². The van der Waals surface area contributed by atoms with E-state index in [1.807, 2.05) is 0 Å². The second kappa shape index (κ2) is 7.42. The minimum atomic E-state index is -4.98. The Morgan fingerprint density at radius 1 is 0.900 bits per heavy atom. The van der Waals surface area contributed by atoms with Crippen LogP contribution in [0.3, 0.4) is 0 Å². The molecule has 0 fully saturated rings. The smallest absolute Gasteiger partial charge is 0.224 e. The van der Waals surface area contributed by atoms with Gasteiger partial charge in [-0.3, -0.25) is 0 Å². The molecule has 1 heterocycles. The van der Waals surface area contributed by atoms with E-state index in [1.165, 1.54) is 31.2 Å². The molecule has 0 radical (unpaired) electrons. The van der Waals surface area contributed by atoms with Crippen molar-refractivity contribution in [2.45, 2.75) is 24.2 Å². The summed E-state index contributed by atoms with van der Waals surface area (Å²) in [5, 5.41) is 7.37. The fraction of sp³-hybridized carbons (Fsp3) is 0.222. The molecule has 0 N–H and O–H groups in total. The Hall–Kier alpha value is -2.89. The van der Waals surface area contributed by atoms with E-state index in [0.717, 1.165) is 10.9 Å². The maximum atomic E-state index is 13.0. The van der Waals surface area contributed by atoms with Gasteiger partial charge in [-0.25, -0.2) is 13.1 Å². The number of sulfone groups is 1. The molecule has 0 aliphatic heterocycles. The molecule has 0 atom stereocenters. The monoisotopic (exact) mass is 449 g/mol. The molecule has 160 valence electrons. The van der Waals surface area contributed by atoms with Crippen LogP contribution in [-0.4, -0.2) is 29.2 Å². The molecule has 30 heavy (non-hydrogen) atoms. The van der Waals surface area contributed by atoms with Crippen molar-refractivity contribution in [3.05, 3.63) is 59.8 Å². The molecule has 0 saturated carbocycles. The first-order valence-corrected chi connectivity index (χ1v) is 10.0. The van der Waals surface area contributed by atoms with Crippen LogP contribution in [0.5, 0.6) is 0 Å². The Balaban J connectivity index is 2.02. The van der Waals surface area contributed by atoms with Crippen LogP contribution in [0, 0.1) is 0 Å². The minimum absolute atomic E-state index is 0.0286. The molecule has 0 saturated heterocycles. The molecule has 0 amide bonds. The van der Waals surface area contributed by atoms with E-state index in [-0.39, 0.29) is 22.4 Å². The molecule has 2 aromatic carbocycles. The molecular weight excluding hydrogens is 436 g/mol. The van der Waals surface area contributed by atoms with Crippen molar-refractivity contribution < 1.29 is 34.8 Å². The first kappa shape index (κ1) is 21.8. The number of aromatic nitrogens is 3. The average molecular weight is 449 g/mol. The van der Waals surface area contributed by atoms with Crippen molar-refractivity contribution in [3.8, 4) is 16.9 Å². The van der Waals surface area contributed by atoms with E-state index in [4.69, 9.17) is 0 Å². The zero-order valence-electron chi connectivity index (χ0n) is 15.2. The molecule has 12 heteroatoms. The van der Waals surface area contributed by atoms with Gasteiger partial charge in [0.15, 0.2) is 9.84 Å². The average Bonchev–Trinajstić information content (AvgIpc) is 3.16. The maximum absolute atomic E-state index is 13.0. The highest BCUT2D eigenvalue weighted by molar-refractivity contribution is 7.91. The van der Waals surface area contributed by atoms with Crippen LogP contribution in [0.1, 0.15) is 18.1 Å². The summed E-state index contributed by atoms with van der Waals surface area (Å²) < 4.78 is 103. The fourth-order valence-corrected chi connectivity index (χ4v) is 3.48. The summed E-state index contributed by atoms with van der Waals surface area (Å²) in [6.07, 6.45) is -8.81. The van der Waals surface area contributed by atoms with Gasteiger partial charge in [0, 0.05) is 5.56 Å². The van der Waals surface area contributed by atoms with Crippen LogP contribution >= 0.6 is 0 Å². The summed E-state index contributed by atoms with van der Waals surface area (Å²) in [6.45, 7) is 1.48. The lowest BCUT2D eigenvalue weighted by atomic mass is 10.0. The van der Waals surface area contributed by atoms with E-state index >= 15 is 0 Å². The van der Waals surface area contributed by atoms with Crippen LogP contribution in [0.25, 0.3) is 16.9 Å². The number of nitrogens with zero attached hydrogens (tertiary/aromatic N) is 3. The van der Waals surface area contributed by atoms with Crippen molar-refractivity contribution in [1.29, 1.82) is 0 Å². The van der Waals surface area contributed by atoms with E-state index in [2.05, 4.69) is 10.3 Å². The van der Waals surface area contributed by atoms with E-state index in [1.54, 1.807) is 0 Å². The van der Waals surface area contributed by atoms with Gasteiger partial charge in [-0.1, -0.05) is 12.1 Å². The van der Waals surface area contributed by atoms with Crippen molar-refractivity contribution in [3.63, 3.8) is 0 Å². The Morgan fingerprint density at radius 3 is 1.90 bits per heavy atom. The number of hydrogen-bond acceptors (Lipinski definition) is 4. The molecule has 1 aromatic heterocycles. The third kappa shape index (κ3) is 4.48. The van der Waals surface area contributed by atoms with Crippen molar-refractivity contribution in [1.82, 2.24) is 15.0 Å². The van der Waals surface area contributed by atoms with Gasteiger partial charge in [0.25, 0.3) is 0 Å². The van der Waals surface area contributed by atoms with Gasteiger partial charge in [0.2, 0.25) is 0 Å². The summed E-state index contributed by atoms with van der Waals surface area (Å²) in [4.78, 5) is 0.0711. The van der Waals surface area contributed by atoms with E-state index < -0.39 is 38.9 Å². The zero-order chi connectivity index (χ0) is 22.3. The lowest BCUT2D eigenvalue weighted by molar-refractivity contribution is -0.143. The first-order valence-electron chi connectivity index (χ1n) is 8.36. The number of halogens is 6. The van der Waals surface area contributed by atoms with Crippen molar-refractivity contribution >= 4 is 9.84 Å². The Morgan fingerprint density at radius 2 is 1.43 bits per heavy atom. The van der Waals surface area contributed by atoms with Gasteiger partial charge in [0.05, 0.1) is 33.7 Å². The molecule has 0 bridgehead atoms. The predicted octanol–water partition coefficient (Wildman–Crippen LogP) is 4.77. The molecule has 0 aliphatic rings. The molecule has 0 spiro atoms. The molecule has 0 aliphatic carbocycles.